The van der Waals surface area contributed by atoms with Gasteiger partial charge in [-0.15, -0.1) is 0 Å². The second-order valence-corrected chi connectivity index (χ2v) is 7.56. The highest BCUT2D eigenvalue weighted by molar-refractivity contribution is 6.04. The van der Waals surface area contributed by atoms with E-state index >= 15 is 0 Å². The molecule has 0 saturated heterocycles. The smallest absolute Gasteiger partial charge is 0.344 e. The molecule has 2 rings (SSSR count). The van der Waals surface area contributed by atoms with Crippen molar-refractivity contribution in [3.63, 3.8) is 0 Å². The van der Waals surface area contributed by atoms with E-state index in [-0.39, 0.29) is 12.5 Å². The van der Waals surface area contributed by atoms with Crippen LogP contribution in [0.15, 0.2) is 48.5 Å². The number of nitrogens with one attached hydrogen (secondary N) is 2. The maximum atomic E-state index is 12.4. The molecule has 0 radical (unpaired) electrons. The topological polar surface area (TPSA) is 103 Å². The van der Waals surface area contributed by atoms with Crippen molar-refractivity contribution in [2.75, 3.05) is 32.2 Å². The first-order chi connectivity index (χ1) is 15.8. The number of amides is 2. The van der Waals surface area contributed by atoms with Crippen LogP contribution in [-0.4, -0.2) is 44.7 Å². The number of hydrogen-bond acceptors (Lipinski definition) is 6. The zero-order valence-electron chi connectivity index (χ0n) is 19.3. The number of rotatable bonds is 11. The van der Waals surface area contributed by atoms with Crippen molar-refractivity contribution in [3.05, 3.63) is 59.7 Å². The third kappa shape index (κ3) is 8.33. The van der Waals surface area contributed by atoms with E-state index in [4.69, 9.17) is 14.2 Å². The van der Waals surface area contributed by atoms with E-state index in [2.05, 4.69) is 10.6 Å². The molecular weight excluding hydrogens is 424 g/mol. The Morgan fingerprint density at radius 2 is 1.79 bits per heavy atom. The van der Waals surface area contributed by atoms with Gasteiger partial charge < -0.3 is 24.8 Å². The lowest BCUT2D eigenvalue weighted by Gasteiger charge is -2.13. The van der Waals surface area contributed by atoms with Crippen LogP contribution in [0.2, 0.25) is 0 Å². The average molecular weight is 455 g/mol. The van der Waals surface area contributed by atoms with Gasteiger partial charge in [-0.25, -0.2) is 4.79 Å². The number of methoxy groups -OCH3 is 1. The van der Waals surface area contributed by atoms with E-state index in [1.54, 1.807) is 36.4 Å². The quantitative estimate of drug-likeness (QED) is 0.502. The first kappa shape index (κ1) is 25.5. The molecule has 0 unspecified atom stereocenters. The molecule has 176 valence electrons. The Labute approximate surface area is 193 Å². The van der Waals surface area contributed by atoms with Crippen molar-refractivity contribution in [2.24, 2.45) is 5.92 Å². The number of carbonyl (C=O) groups is 3. The molecule has 0 fully saturated rings. The van der Waals surface area contributed by atoms with Gasteiger partial charge in [0.25, 0.3) is 11.8 Å². The summed E-state index contributed by atoms with van der Waals surface area (Å²) in [5, 5.41) is 5.41. The van der Waals surface area contributed by atoms with Gasteiger partial charge >= 0.3 is 5.97 Å². The van der Waals surface area contributed by atoms with Crippen LogP contribution in [0.1, 0.15) is 36.7 Å². The molecule has 0 aromatic heterocycles. The highest BCUT2D eigenvalue weighted by Crippen LogP contribution is 2.28. The third-order valence-corrected chi connectivity index (χ3v) is 4.37. The van der Waals surface area contributed by atoms with Gasteiger partial charge in [-0.3, -0.25) is 9.59 Å². The minimum atomic E-state index is -0.715. The Hall–Kier alpha value is -3.81. The molecule has 0 aliphatic heterocycles. The lowest BCUT2D eigenvalue weighted by molar-refractivity contribution is -0.149. The van der Waals surface area contributed by atoms with Gasteiger partial charge in [-0.2, -0.15) is 0 Å². The lowest BCUT2D eigenvalue weighted by Crippen LogP contribution is -2.29. The van der Waals surface area contributed by atoms with Gasteiger partial charge in [0.05, 0.1) is 18.4 Å². The number of para-hydroxylation sites is 1. The number of esters is 1. The summed E-state index contributed by atoms with van der Waals surface area (Å²) < 4.78 is 15.7. The van der Waals surface area contributed by atoms with Crippen LogP contribution < -0.4 is 20.1 Å². The molecule has 0 bridgehead atoms. The van der Waals surface area contributed by atoms with Crippen LogP contribution in [0, 0.1) is 5.92 Å². The van der Waals surface area contributed by atoms with E-state index in [0.29, 0.717) is 35.2 Å². The highest BCUT2D eigenvalue weighted by Gasteiger charge is 2.15. The fourth-order valence-corrected chi connectivity index (χ4v) is 2.79. The van der Waals surface area contributed by atoms with E-state index in [1.165, 1.54) is 7.11 Å². The SMILES string of the molecule is C/C=C/c1ccc(OCC(=O)OCC(=O)Nc2ccccc2C(=O)NCC(C)C)c(OC)c1. The molecule has 0 aliphatic rings. The van der Waals surface area contributed by atoms with Crippen molar-refractivity contribution in [3.8, 4) is 11.5 Å². The summed E-state index contributed by atoms with van der Waals surface area (Å²) in [6.45, 7) is 5.50. The Morgan fingerprint density at radius 1 is 1.03 bits per heavy atom. The second kappa shape index (κ2) is 12.9. The molecule has 0 saturated carbocycles. The van der Waals surface area contributed by atoms with Crippen LogP contribution in [0.25, 0.3) is 6.08 Å². The highest BCUT2D eigenvalue weighted by atomic mass is 16.6. The minimum Gasteiger partial charge on any atom is -0.493 e. The normalized spacial score (nSPS) is 10.7. The summed E-state index contributed by atoms with van der Waals surface area (Å²) in [6.07, 6.45) is 3.81. The number of anilines is 1. The van der Waals surface area contributed by atoms with E-state index < -0.39 is 18.5 Å². The number of ether oxygens (including phenoxy) is 3. The minimum absolute atomic E-state index is 0.292. The zero-order valence-corrected chi connectivity index (χ0v) is 19.3. The monoisotopic (exact) mass is 454 g/mol. The number of hydrogen-bond donors (Lipinski definition) is 2. The average Bonchev–Trinajstić information content (AvgIpc) is 2.80. The van der Waals surface area contributed by atoms with Crippen LogP contribution in [0.4, 0.5) is 5.69 Å². The fourth-order valence-electron chi connectivity index (χ4n) is 2.79. The van der Waals surface area contributed by atoms with Crippen molar-refractivity contribution >= 4 is 29.5 Å². The van der Waals surface area contributed by atoms with Crippen LogP contribution in [-0.2, 0) is 14.3 Å². The standard InChI is InChI=1S/C25H30N2O6/c1-5-8-18-11-12-21(22(13-18)31-4)32-16-24(29)33-15-23(28)27-20-10-7-6-9-19(20)25(30)26-14-17(2)3/h5-13,17H,14-16H2,1-4H3,(H,26,30)(H,27,28)/b8-5+. The Balaban J connectivity index is 1.87. The molecular formula is C25H30N2O6. The molecule has 0 spiro atoms. The Morgan fingerprint density at radius 3 is 2.48 bits per heavy atom. The van der Waals surface area contributed by atoms with Crippen LogP contribution in [0.3, 0.4) is 0 Å². The van der Waals surface area contributed by atoms with E-state index in [1.807, 2.05) is 39.0 Å². The second-order valence-electron chi connectivity index (χ2n) is 7.56. The summed E-state index contributed by atoms with van der Waals surface area (Å²) in [6, 6.07) is 11.9. The molecule has 2 N–H and O–H groups in total. The maximum absolute atomic E-state index is 12.4. The van der Waals surface area contributed by atoms with Crippen molar-refractivity contribution in [1.29, 1.82) is 0 Å². The third-order valence-electron chi connectivity index (χ3n) is 4.37. The van der Waals surface area contributed by atoms with Gasteiger partial charge in [-0.1, -0.05) is 44.2 Å². The van der Waals surface area contributed by atoms with Crippen LogP contribution >= 0.6 is 0 Å². The molecule has 2 aromatic carbocycles. The van der Waals surface area contributed by atoms with Gasteiger partial charge in [0, 0.05) is 6.54 Å². The number of allylic oxidation sites excluding steroid dienone is 1. The summed E-state index contributed by atoms with van der Waals surface area (Å²) in [5.41, 5.74) is 1.59. The first-order valence-electron chi connectivity index (χ1n) is 10.6. The summed E-state index contributed by atoms with van der Waals surface area (Å²) in [7, 11) is 1.51. The first-order valence-corrected chi connectivity index (χ1v) is 10.6. The largest absolute Gasteiger partial charge is 0.493 e. The zero-order chi connectivity index (χ0) is 24.2. The predicted molar refractivity (Wildman–Crippen MR) is 126 cm³/mol. The summed E-state index contributed by atoms with van der Waals surface area (Å²) in [4.78, 5) is 36.6. The van der Waals surface area contributed by atoms with Crippen LogP contribution in [0.5, 0.6) is 11.5 Å². The molecule has 8 nitrogen and oxygen atoms in total. The molecule has 2 amide bonds. The van der Waals surface area contributed by atoms with E-state index in [0.717, 1.165) is 5.56 Å². The molecule has 0 heterocycles. The van der Waals surface area contributed by atoms with Gasteiger partial charge in [0.15, 0.2) is 24.7 Å². The van der Waals surface area contributed by atoms with Crippen molar-refractivity contribution < 1.29 is 28.6 Å². The number of benzene rings is 2. The van der Waals surface area contributed by atoms with Gasteiger partial charge in [-0.05, 0) is 42.7 Å². The predicted octanol–water partition coefficient (Wildman–Crippen LogP) is 3.67. The molecule has 33 heavy (non-hydrogen) atoms. The maximum Gasteiger partial charge on any atom is 0.344 e. The number of carbonyl (C=O) groups excluding carboxylic acids is 3. The molecule has 8 heteroatoms. The van der Waals surface area contributed by atoms with Gasteiger partial charge in [0.2, 0.25) is 0 Å². The van der Waals surface area contributed by atoms with Crippen molar-refractivity contribution in [2.45, 2.75) is 20.8 Å². The van der Waals surface area contributed by atoms with Crippen molar-refractivity contribution in [1.82, 2.24) is 5.32 Å². The Bertz CT molecular complexity index is 1000. The van der Waals surface area contributed by atoms with Gasteiger partial charge in [0.1, 0.15) is 0 Å². The molecule has 0 aliphatic carbocycles. The molecule has 2 aromatic rings. The molecule has 0 atom stereocenters. The summed E-state index contributed by atoms with van der Waals surface area (Å²) in [5.74, 6) is -0.423. The fraction of sp³-hybridized carbons (Fsp3) is 0.320. The Kier molecular flexibility index (Phi) is 9.95. The van der Waals surface area contributed by atoms with E-state index in [9.17, 15) is 14.4 Å². The summed E-state index contributed by atoms with van der Waals surface area (Å²) >= 11 is 0. The lowest BCUT2D eigenvalue weighted by atomic mass is 10.1.